The molecule has 13 rings (SSSR count). The maximum atomic E-state index is 13.3. The number of amides is 3. The average molecular weight is 1440 g/mol. The van der Waals surface area contributed by atoms with Gasteiger partial charge in [-0.3, -0.25) is 14.4 Å². The van der Waals surface area contributed by atoms with Gasteiger partial charge < -0.3 is 41.9 Å². The van der Waals surface area contributed by atoms with E-state index in [1.54, 1.807) is 147 Å². The van der Waals surface area contributed by atoms with E-state index in [9.17, 15) is 37.8 Å². The fourth-order valence-electron chi connectivity index (χ4n) is 9.88. The predicted octanol–water partition coefficient (Wildman–Crippen LogP) is 15.5. The number of ether oxygens (including phenoxy) is 2. The Morgan fingerprint density at radius 2 is 0.835 bits per heavy atom. The van der Waals surface area contributed by atoms with E-state index in [-0.39, 0.29) is 34.5 Å². The summed E-state index contributed by atoms with van der Waals surface area (Å²) in [6.45, 7) is 5.64. The molecular weight excluding hydrogens is 1380 g/mol. The van der Waals surface area contributed by atoms with Crippen LogP contribution in [0.1, 0.15) is 84.3 Å². The van der Waals surface area contributed by atoms with Crippen molar-refractivity contribution in [3.63, 3.8) is 0 Å². The number of aliphatic hydroxyl groups is 2. The van der Waals surface area contributed by atoms with E-state index in [1.165, 1.54) is 49.2 Å². The molecule has 2 unspecified atom stereocenters. The van der Waals surface area contributed by atoms with Gasteiger partial charge in [-0.2, -0.15) is 18.6 Å². The van der Waals surface area contributed by atoms with Gasteiger partial charge in [0.25, 0.3) is 17.7 Å². The van der Waals surface area contributed by atoms with E-state index < -0.39 is 29.9 Å². The number of aliphatic hydroxyl groups excluding tert-OH is 2. The van der Waals surface area contributed by atoms with E-state index in [2.05, 4.69) is 36.8 Å². The molecule has 0 radical (unpaired) electrons. The molecule has 12 aromatic rings. The Hall–Kier alpha value is -9.47. The van der Waals surface area contributed by atoms with Crippen LogP contribution in [0.25, 0.3) is 66.1 Å². The van der Waals surface area contributed by atoms with Gasteiger partial charge in [0.1, 0.15) is 55.7 Å². The molecule has 24 heteroatoms. The van der Waals surface area contributed by atoms with Gasteiger partial charge in [0.2, 0.25) is 0 Å². The van der Waals surface area contributed by atoms with Crippen LogP contribution in [0.4, 0.5) is 13.2 Å². The van der Waals surface area contributed by atoms with Gasteiger partial charge >= 0.3 is 27.0 Å². The Balaban J connectivity index is 0.000000169. The van der Waals surface area contributed by atoms with Gasteiger partial charge in [-0.15, -0.1) is 0 Å². The Labute approximate surface area is 585 Å². The first kappa shape index (κ1) is 73.3. The molecule has 6 aromatic carbocycles. The molecule has 0 bridgehead atoms. The van der Waals surface area contributed by atoms with Crippen molar-refractivity contribution in [1.82, 2.24) is 29.9 Å². The number of fused-ring (bicyclic) bond motifs is 3. The van der Waals surface area contributed by atoms with Crippen molar-refractivity contribution in [2.75, 3.05) is 20.3 Å². The van der Waals surface area contributed by atoms with Crippen molar-refractivity contribution >= 4 is 94.9 Å². The van der Waals surface area contributed by atoms with E-state index in [0.29, 0.717) is 72.9 Å². The summed E-state index contributed by atoms with van der Waals surface area (Å²) in [5, 5.41) is 25.0. The van der Waals surface area contributed by atoms with Crippen LogP contribution >= 0.6 is 44.5 Å². The van der Waals surface area contributed by atoms with Crippen LogP contribution < -0.4 is 21.9 Å². The molecule has 7 heterocycles. The zero-order valence-corrected chi connectivity index (χ0v) is 57.9. The average Bonchev–Trinajstić information content (AvgIpc) is 1.29. The number of halogens is 7. The van der Waals surface area contributed by atoms with E-state index in [0.717, 1.165) is 85.6 Å². The summed E-state index contributed by atoms with van der Waals surface area (Å²) in [6, 6.07) is 49.3. The number of rotatable bonds is 13. The molecule has 490 valence electrons. The number of carbonyl (C=O) groups is 3. The molecule has 6 aromatic heterocycles. The first-order valence-corrected chi connectivity index (χ1v) is 34.6. The summed E-state index contributed by atoms with van der Waals surface area (Å²) in [7, 11) is 6.32. The van der Waals surface area contributed by atoms with Crippen LogP contribution in [0.5, 0.6) is 5.75 Å². The van der Waals surface area contributed by atoms with Gasteiger partial charge in [-0.05, 0) is 159 Å². The summed E-state index contributed by atoms with van der Waals surface area (Å²) in [5.41, 5.74) is 26.5. The number of hydrogen-bond donors (Lipinski definition) is 5. The maximum absolute atomic E-state index is 13.3. The second kappa shape index (κ2) is 35.5. The van der Waals surface area contributed by atoms with Gasteiger partial charge in [0.05, 0.1) is 35.9 Å². The Kier molecular flexibility index (Phi) is 26.8. The van der Waals surface area contributed by atoms with Gasteiger partial charge in [0.15, 0.2) is 0 Å². The third-order valence-electron chi connectivity index (χ3n) is 14.7. The molecule has 97 heavy (non-hydrogen) atoms. The summed E-state index contributed by atoms with van der Waals surface area (Å²) < 4.78 is 49.9. The molecular formula is C73H60Cl4F3N9O7Zn. The minimum atomic E-state index is -0.800. The van der Waals surface area contributed by atoms with Crippen molar-refractivity contribution in [2.45, 2.75) is 37.9 Å². The molecule has 1 saturated heterocycles. The number of pyridine rings is 6. The summed E-state index contributed by atoms with van der Waals surface area (Å²) in [4.78, 5) is 59.9. The molecule has 0 spiro atoms. The molecule has 0 aliphatic carbocycles. The quantitative estimate of drug-likeness (QED) is 0.0409. The molecule has 2 atom stereocenters. The Morgan fingerprint density at radius 3 is 1.12 bits per heavy atom. The predicted molar refractivity (Wildman–Crippen MR) is 369 cm³/mol. The van der Waals surface area contributed by atoms with Crippen molar-refractivity contribution < 1.29 is 64.6 Å². The molecule has 8 N–H and O–H groups in total. The minimum absolute atomic E-state index is 0.0929. The fraction of sp³-hybridized carbons (Fsp3) is 0.123. The van der Waals surface area contributed by atoms with E-state index >= 15 is 0 Å². The normalized spacial score (nSPS) is 12.0. The van der Waals surface area contributed by atoms with Crippen LogP contribution in [0, 0.1) is 24.4 Å². The molecule has 3 amide bonds. The number of nitrogens with two attached hydrogens (primary N) is 3. The van der Waals surface area contributed by atoms with Crippen LogP contribution in [-0.2, 0) is 34.9 Å². The van der Waals surface area contributed by atoms with E-state index in [1.807, 2.05) is 24.3 Å². The summed E-state index contributed by atoms with van der Waals surface area (Å²) in [5.74, 6) is -2.35. The van der Waals surface area contributed by atoms with E-state index in [4.69, 9.17) is 71.2 Å². The first-order valence-electron chi connectivity index (χ1n) is 29.6. The number of methoxy groups -OCH3 is 1. The third kappa shape index (κ3) is 20.8. The SMILES string of the molecule is C1CCOC1.COc1ccc2c(-c3ccc(F)cc3)cc(C(N)=O)nc2c1.NC(=O)c1cc(-c2ccc(F)cc2)c2ccc(C(O)Cc3ccc(Cl)nc3)cc2n1.NC(=O)c1cc(-c2ccc(F)cc2)c2ccc(C(O)Cc3ccc(Cl)nc3)cc2n1.[CH2-]c1ccc(Cl)nc1.[Cl][Zn+]. The van der Waals surface area contributed by atoms with Crippen LogP contribution in [0.3, 0.4) is 0 Å². The second-order valence-electron chi connectivity index (χ2n) is 21.4. The van der Waals surface area contributed by atoms with Crippen LogP contribution in [0.15, 0.2) is 201 Å². The monoisotopic (exact) mass is 1440 g/mol. The van der Waals surface area contributed by atoms with Gasteiger partial charge in [0, 0.05) is 60.7 Å². The van der Waals surface area contributed by atoms with Crippen LogP contribution in [-0.4, -0.2) is 78.2 Å². The molecule has 1 fully saturated rings. The van der Waals surface area contributed by atoms with Crippen molar-refractivity contribution in [1.29, 1.82) is 0 Å². The summed E-state index contributed by atoms with van der Waals surface area (Å²) >= 11 is 17.9. The number of aromatic nitrogens is 6. The standard InChI is InChI=1S/2C23H17ClFN3O2.C17H13FN2O2.C6H5ClN.C4H8O.ClH.Zn/c2*24-22-8-1-13(12-27-22)9-21(29)15-4-7-17-18(14-2-5-16(25)6-3-14)11-20(23(26)30)28-19(17)10-15;1-22-12-6-7-13-14(10-2-4-11(18)5-3-10)9-16(17(19)21)20-15(13)8-12;1-5-2-3-6(7)8-4-5;1-2-4-5-3-1;;/h2*1-8,10-12,21,29H,9H2,(H2,26,30);2-9H,1H3,(H2,19,21);2-4H,1H2;1-4H2;1H;/q;;;-1;;;+2/p-1. The first-order chi connectivity index (χ1) is 46.7. The number of primary amides is 3. The molecule has 1 aliphatic heterocycles. The number of hydrogen-bond acceptors (Lipinski definition) is 13. The Morgan fingerprint density at radius 1 is 0.495 bits per heavy atom. The van der Waals surface area contributed by atoms with Crippen molar-refractivity contribution in [2.24, 2.45) is 17.2 Å². The van der Waals surface area contributed by atoms with Gasteiger partial charge in [-0.25, -0.2) is 38.1 Å². The zero-order valence-electron chi connectivity index (χ0n) is 51.9. The molecule has 16 nitrogen and oxygen atoms in total. The topological polar surface area (TPSA) is 266 Å². The third-order valence-corrected chi connectivity index (χ3v) is 15.4. The van der Waals surface area contributed by atoms with Gasteiger partial charge in [-0.1, -0.05) is 120 Å². The van der Waals surface area contributed by atoms with Crippen LogP contribution in [0.2, 0.25) is 15.5 Å². The molecule has 0 saturated carbocycles. The fourth-order valence-corrected chi connectivity index (χ4v) is 10.2. The van der Waals surface area contributed by atoms with Crippen molar-refractivity contribution in [3.8, 4) is 39.1 Å². The number of nitrogens with zero attached hydrogens (tertiary/aromatic N) is 6. The summed E-state index contributed by atoms with van der Waals surface area (Å²) in [6.07, 6.45) is 6.50. The number of benzene rings is 6. The number of carbonyl (C=O) groups excluding carboxylic acids is 3. The Bertz CT molecular complexity index is 4440. The second-order valence-corrected chi connectivity index (χ2v) is 22.6. The molecule has 1 aliphatic rings. The zero-order chi connectivity index (χ0) is 69.7. The van der Waals surface area contributed by atoms with Crippen molar-refractivity contribution in [3.05, 3.63) is 285 Å².